The molecule has 0 bridgehead atoms. The number of benzene rings is 2. The lowest BCUT2D eigenvalue weighted by atomic mass is 10.1. The lowest BCUT2D eigenvalue weighted by Crippen LogP contribution is -2.30. The fourth-order valence-electron chi connectivity index (χ4n) is 3.12. The van der Waals surface area contributed by atoms with Crippen LogP contribution in [0.4, 0.5) is 5.69 Å². The molecule has 0 amide bonds. The first-order chi connectivity index (χ1) is 13.9. The highest BCUT2D eigenvalue weighted by atomic mass is 32.2. The molecule has 0 saturated heterocycles. The Kier molecular flexibility index (Phi) is 6.22. The summed E-state index contributed by atoms with van der Waals surface area (Å²) in [7, 11) is -3.31. The van der Waals surface area contributed by atoms with Gasteiger partial charge in [-0.25, -0.2) is 13.2 Å². The zero-order valence-electron chi connectivity index (χ0n) is 16.4. The number of sulfonamides is 1. The van der Waals surface area contributed by atoms with Crippen molar-refractivity contribution in [2.75, 3.05) is 29.8 Å². The number of rotatable bonds is 8. The minimum Gasteiger partial charge on any atom is -0.485 e. The van der Waals surface area contributed by atoms with Crippen LogP contribution in [0.1, 0.15) is 40.1 Å². The predicted octanol–water partition coefficient (Wildman–Crippen LogP) is 2.84. The second kappa shape index (κ2) is 8.65. The molecule has 1 aliphatic rings. The van der Waals surface area contributed by atoms with Gasteiger partial charge in [-0.1, -0.05) is 0 Å². The maximum atomic E-state index is 12.5. The molecule has 7 nitrogen and oxygen atoms in total. The van der Waals surface area contributed by atoms with E-state index < -0.39 is 16.0 Å². The second-order valence-electron chi connectivity index (χ2n) is 6.52. The number of ether oxygens (including phenoxy) is 2. The number of nitrogens with zero attached hydrogens (tertiary/aromatic N) is 1. The maximum absolute atomic E-state index is 12.5. The van der Waals surface area contributed by atoms with Crippen molar-refractivity contribution in [2.45, 2.75) is 20.3 Å². The molecule has 0 fully saturated rings. The Balaban J connectivity index is 1.64. The van der Waals surface area contributed by atoms with Crippen LogP contribution in [-0.4, -0.2) is 45.7 Å². The van der Waals surface area contributed by atoms with E-state index in [9.17, 15) is 18.0 Å². The summed E-state index contributed by atoms with van der Waals surface area (Å²) in [6, 6.07) is 11.4. The van der Waals surface area contributed by atoms with Gasteiger partial charge < -0.3 is 9.47 Å². The van der Waals surface area contributed by atoms with Crippen LogP contribution in [0, 0.1) is 0 Å². The van der Waals surface area contributed by atoms with Gasteiger partial charge >= 0.3 is 5.97 Å². The number of Topliss-reactive ketones (excluding diaryl/α,β-unsaturated/α-hetero) is 1. The van der Waals surface area contributed by atoms with E-state index in [-0.39, 0.29) is 18.1 Å². The predicted molar refractivity (Wildman–Crippen MR) is 109 cm³/mol. The lowest BCUT2D eigenvalue weighted by Gasteiger charge is -2.18. The molecule has 0 saturated carbocycles. The zero-order valence-corrected chi connectivity index (χ0v) is 17.2. The molecule has 1 heterocycles. The van der Waals surface area contributed by atoms with Gasteiger partial charge in [-0.15, -0.1) is 0 Å². The lowest BCUT2D eigenvalue weighted by molar-refractivity contribution is 0.0526. The van der Waals surface area contributed by atoms with E-state index in [0.29, 0.717) is 42.1 Å². The summed E-state index contributed by atoms with van der Waals surface area (Å²) in [5.41, 5.74) is 2.36. The van der Waals surface area contributed by atoms with Crippen LogP contribution in [0.5, 0.6) is 5.75 Å². The molecule has 0 unspecified atom stereocenters. The fourth-order valence-corrected chi connectivity index (χ4v) is 4.28. The molecular formula is C21H23NO6S. The first kappa shape index (κ1) is 20.9. The van der Waals surface area contributed by atoms with Gasteiger partial charge in [0.1, 0.15) is 5.75 Å². The summed E-state index contributed by atoms with van der Waals surface area (Å²) in [5.74, 6) is -0.116. The molecule has 8 heteroatoms. The van der Waals surface area contributed by atoms with Crippen molar-refractivity contribution in [3.05, 3.63) is 59.2 Å². The average Bonchev–Trinajstić information content (AvgIpc) is 3.16. The molecule has 0 atom stereocenters. The van der Waals surface area contributed by atoms with Gasteiger partial charge in [0, 0.05) is 12.1 Å². The summed E-state index contributed by atoms with van der Waals surface area (Å²) in [4.78, 5) is 24.1. The molecule has 0 aromatic heterocycles. The van der Waals surface area contributed by atoms with Crippen LogP contribution in [-0.2, 0) is 21.2 Å². The molecule has 0 spiro atoms. The Hall–Kier alpha value is -2.87. The topological polar surface area (TPSA) is 90.0 Å². The van der Waals surface area contributed by atoms with Gasteiger partial charge in [0.05, 0.1) is 23.6 Å². The SMILES string of the molecule is CCOC(=O)c1ccc(OCC(=O)c2ccc3c(c2)CCN3S(=O)(=O)CC)cc1. The molecule has 2 aromatic carbocycles. The highest BCUT2D eigenvalue weighted by Crippen LogP contribution is 2.31. The van der Waals surface area contributed by atoms with Gasteiger partial charge in [-0.05, 0) is 68.3 Å². The molecular weight excluding hydrogens is 394 g/mol. The summed E-state index contributed by atoms with van der Waals surface area (Å²) in [6.07, 6.45) is 0.575. The summed E-state index contributed by atoms with van der Waals surface area (Å²) in [6.45, 7) is 3.89. The Bertz CT molecular complexity index is 1010. The summed E-state index contributed by atoms with van der Waals surface area (Å²) < 4.78 is 36.2. The standard InChI is InChI=1S/C21H23NO6S/c1-3-27-21(24)15-5-8-18(9-6-15)28-14-20(23)17-7-10-19-16(13-17)11-12-22(19)29(25,26)4-2/h5-10,13H,3-4,11-12,14H2,1-2H3. The molecule has 1 aliphatic heterocycles. The third-order valence-electron chi connectivity index (χ3n) is 4.69. The Labute approximate surface area is 170 Å². The van der Waals surface area contributed by atoms with Crippen molar-refractivity contribution >= 4 is 27.5 Å². The van der Waals surface area contributed by atoms with Crippen LogP contribution in [0.3, 0.4) is 0 Å². The third kappa shape index (κ3) is 4.59. The highest BCUT2D eigenvalue weighted by molar-refractivity contribution is 7.92. The molecule has 0 radical (unpaired) electrons. The smallest absolute Gasteiger partial charge is 0.338 e. The van der Waals surface area contributed by atoms with Gasteiger partial charge in [0.2, 0.25) is 10.0 Å². The average molecular weight is 417 g/mol. The van der Waals surface area contributed by atoms with Gasteiger partial charge in [0.15, 0.2) is 12.4 Å². The first-order valence-corrected chi connectivity index (χ1v) is 11.0. The van der Waals surface area contributed by atoms with E-state index in [2.05, 4.69) is 0 Å². The number of esters is 1. The molecule has 2 aromatic rings. The summed E-state index contributed by atoms with van der Waals surface area (Å²) >= 11 is 0. The number of anilines is 1. The molecule has 3 rings (SSSR count). The largest absolute Gasteiger partial charge is 0.485 e. The minimum absolute atomic E-state index is 0.0376. The number of fused-ring (bicyclic) bond motifs is 1. The molecule has 29 heavy (non-hydrogen) atoms. The van der Waals surface area contributed by atoms with Crippen molar-refractivity contribution < 1.29 is 27.5 Å². The highest BCUT2D eigenvalue weighted by Gasteiger charge is 2.28. The van der Waals surface area contributed by atoms with E-state index in [0.717, 1.165) is 5.56 Å². The second-order valence-corrected chi connectivity index (χ2v) is 8.70. The van der Waals surface area contributed by atoms with Crippen LogP contribution >= 0.6 is 0 Å². The quantitative estimate of drug-likeness (QED) is 0.485. The van der Waals surface area contributed by atoms with Crippen LogP contribution in [0.2, 0.25) is 0 Å². The van der Waals surface area contributed by atoms with E-state index >= 15 is 0 Å². The number of ketones is 1. The minimum atomic E-state index is -3.31. The molecule has 0 N–H and O–H groups in total. The van der Waals surface area contributed by atoms with Crippen molar-refractivity contribution in [2.24, 2.45) is 0 Å². The molecule has 0 aliphatic carbocycles. The number of carbonyl (C=O) groups excluding carboxylic acids is 2. The van der Waals surface area contributed by atoms with E-state index in [1.54, 1.807) is 56.3 Å². The Morgan fingerprint density at radius 2 is 1.72 bits per heavy atom. The number of hydrogen-bond acceptors (Lipinski definition) is 6. The first-order valence-electron chi connectivity index (χ1n) is 9.42. The fraction of sp³-hybridized carbons (Fsp3) is 0.333. The normalized spacial score (nSPS) is 13.1. The van der Waals surface area contributed by atoms with E-state index in [1.807, 2.05) is 0 Å². The maximum Gasteiger partial charge on any atom is 0.338 e. The van der Waals surface area contributed by atoms with E-state index in [4.69, 9.17) is 9.47 Å². The Morgan fingerprint density at radius 3 is 2.38 bits per heavy atom. The van der Waals surface area contributed by atoms with Crippen molar-refractivity contribution in [1.29, 1.82) is 0 Å². The van der Waals surface area contributed by atoms with Gasteiger partial charge in [0.25, 0.3) is 0 Å². The van der Waals surface area contributed by atoms with Crippen LogP contribution in [0.15, 0.2) is 42.5 Å². The van der Waals surface area contributed by atoms with Gasteiger partial charge in [-0.3, -0.25) is 9.10 Å². The van der Waals surface area contributed by atoms with E-state index in [1.165, 1.54) is 4.31 Å². The van der Waals surface area contributed by atoms with Crippen LogP contribution < -0.4 is 9.04 Å². The monoisotopic (exact) mass is 417 g/mol. The summed E-state index contributed by atoms with van der Waals surface area (Å²) in [5, 5.41) is 0. The molecule has 154 valence electrons. The van der Waals surface area contributed by atoms with Crippen molar-refractivity contribution in [3.8, 4) is 5.75 Å². The number of hydrogen-bond donors (Lipinski definition) is 0. The number of carbonyl (C=O) groups is 2. The van der Waals surface area contributed by atoms with Crippen LogP contribution in [0.25, 0.3) is 0 Å². The van der Waals surface area contributed by atoms with Crippen molar-refractivity contribution in [1.82, 2.24) is 0 Å². The van der Waals surface area contributed by atoms with Gasteiger partial charge in [-0.2, -0.15) is 0 Å². The van der Waals surface area contributed by atoms with Crippen molar-refractivity contribution in [3.63, 3.8) is 0 Å². The third-order valence-corrected chi connectivity index (χ3v) is 6.47. The Morgan fingerprint density at radius 1 is 1.03 bits per heavy atom. The zero-order chi connectivity index (χ0) is 21.0.